The standard InChI is InChI=1S/C16H22N2/c1-11-4-5-16-15(7-11)13(9-17-16)8-14-6-12(2)10-18(14)3/h4-5,7,9,12,14,17H,6,8,10H2,1-3H3/t12?,14-/m1/s1. The molecule has 2 aromatic rings. The molecule has 18 heavy (non-hydrogen) atoms. The first kappa shape index (κ1) is 11.8. The molecular formula is C16H22N2. The molecule has 1 aliphatic rings. The largest absolute Gasteiger partial charge is 0.361 e. The van der Waals surface area contributed by atoms with Crippen molar-refractivity contribution >= 4 is 10.9 Å². The highest BCUT2D eigenvalue weighted by Gasteiger charge is 2.27. The highest BCUT2D eigenvalue weighted by atomic mass is 15.1. The van der Waals surface area contributed by atoms with Gasteiger partial charge in [0.1, 0.15) is 0 Å². The van der Waals surface area contributed by atoms with Crippen LogP contribution in [0.25, 0.3) is 10.9 Å². The fraction of sp³-hybridized carbons (Fsp3) is 0.500. The number of nitrogens with zero attached hydrogens (tertiary/aromatic N) is 1. The molecule has 0 radical (unpaired) electrons. The topological polar surface area (TPSA) is 19.0 Å². The van der Waals surface area contributed by atoms with E-state index in [-0.39, 0.29) is 0 Å². The fourth-order valence-electron chi connectivity index (χ4n) is 3.31. The minimum absolute atomic E-state index is 0.708. The van der Waals surface area contributed by atoms with Crippen molar-refractivity contribution in [2.24, 2.45) is 5.92 Å². The minimum atomic E-state index is 0.708. The van der Waals surface area contributed by atoms with Crippen LogP contribution in [0.3, 0.4) is 0 Å². The van der Waals surface area contributed by atoms with Crippen LogP contribution in [0.1, 0.15) is 24.5 Å². The van der Waals surface area contributed by atoms with Gasteiger partial charge in [-0.2, -0.15) is 0 Å². The third-order valence-electron chi connectivity index (χ3n) is 4.28. The monoisotopic (exact) mass is 242 g/mol. The van der Waals surface area contributed by atoms with Crippen LogP contribution in [0.4, 0.5) is 0 Å². The zero-order valence-electron chi connectivity index (χ0n) is 11.5. The van der Waals surface area contributed by atoms with Crippen molar-refractivity contribution in [2.45, 2.75) is 32.7 Å². The highest BCUT2D eigenvalue weighted by molar-refractivity contribution is 5.83. The van der Waals surface area contributed by atoms with Crippen molar-refractivity contribution in [3.63, 3.8) is 0 Å². The number of H-pyrrole nitrogens is 1. The number of likely N-dealkylation sites (N-methyl/N-ethyl adjacent to an activating group) is 1. The van der Waals surface area contributed by atoms with Crippen LogP contribution in [0.15, 0.2) is 24.4 Å². The van der Waals surface area contributed by atoms with Crippen LogP contribution < -0.4 is 0 Å². The Bertz CT molecular complexity index is 555. The zero-order chi connectivity index (χ0) is 12.7. The molecule has 0 bridgehead atoms. The number of aromatic amines is 1. The average Bonchev–Trinajstić information content (AvgIpc) is 2.84. The maximum absolute atomic E-state index is 3.40. The normalized spacial score (nSPS) is 25.1. The summed E-state index contributed by atoms with van der Waals surface area (Å²) in [6.45, 7) is 5.77. The lowest BCUT2D eigenvalue weighted by Crippen LogP contribution is -2.26. The lowest BCUT2D eigenvalue weighted by molar-refractivity contribution is 0.307. The highest BCUT2D eigenvalue weighted by Crippen LogP contribution is 2.27. The van der Waals surface area contributed by atoms with Gasteiger partial charge >= 0.3 is 0 Å². The van der Waals surface area contributed by atoms with Gasteiger partial charge in [0.25, 0.3) is 0 Å². The summed E-state index contributed by atoms with van der Waals surface area (Å²) in [7, 11) is 2.26. The lowest BCUT2D eigenvalue weighted by atomic mass is 10.00. The van der Waals surface area contributed by atoms with Gasteiger partial charge < -0.3 is 9.88 Å². The first-order valence-electron chi connectivity index (χ1n) is 6.90. The molecule has 0 spiro atoms. The molecule has 2 atom stereocenters. The first-order chi connectivity index (χ1) is 8.63. The van der Waals surface area contributed by atoms with E-state index in [0.717, 1.165) is 5.92 Å². The second-order valence-electron chi connectivity index (χ2n) is 6.00. The maximum Gasteiger partial charge on any atom is 0.0456 e. The SMILES string of the molecule is Cc1ccc2[nH]cc(C[C@H]3CC(C)CN3C)c2c1. The number of likely N-dealkylation sites (tertiary alicyclic amines) is 1. The number of benzene rings is 1. The van der Waals surface area contributed by atoms with Crippen molar-refractivity contribution in [3.8, 4) is 0 Å². The van der Waals surface area contributed by atoms with Gasteiger partial charge in [0.2, 0.25) is 0 Å². The number of hydrogen-bond acceptors (Lipinski definition) is 1. The van der Waals surface area contributed by atoms with Gasteiger partial charge in [-0.25, -0.2) is 0 Å². The Morgan fingerprint density at radius 3 is 2.94 bits per heavy atom. The molecule has 1 unspecified atom stereocenters. The second kappa shape index (κ2) is 4.43. The number of nitrogens with one attached hydrogen (secondary N) is 1. The average molecular weight is 242 g/mol. The smallest absolute Gasteiger partial charge is 0.0456 e. The van der Waals surface area contributed by atoms with Crippen molar-refractivity contribution in [2.75, 3.05) is 13.6 Å². The Kier molecular flexibility index (Phi) is 2.90. The Morgan fingerprint density at radius 1 is 1.39 bits per heavy atom. The predicted molar refractivity (Wildman–Crippen MR) is 76.9 cm³/mol. The lowest BCUT2D eigenvalue weighted by Gasteiger charge is -2.18. The summed E-state index contributed by atoms with van der Waals surface area (Å²) in [6.07, 6.45) is 4.69. The number of rotatable bonds is 2. The summed E-state index contributed by atoms with van der Waals surface area (Å²) >= 11 is 0. The molecule has 2 heteroatoms. The van der Waals surface area contributed by atoms with Gasteiger partial charge in [-0.05, 0) is 50.4 Å². The number of fused-ring (bicyclic) bond motifs is 1. The predicted octanol–water partition coefficient (Wildman–Crippen LogP) is 3.36. The molecule has 2 nitrogen and oxygen atoms in total. The summed E-state index contributed by atoms with van der Waals surface area (Å²) in [4.78, 5) is 5.91. The molecule has 96 valence electrons. The Hall–Kier alpha value is -1.28. The third-order valence-corrected chi connectivity index (χ3v) is 4.28. The van der Waals surface area contributed by atoms with Crippen molar-refractivity contribution in [1.82, 2.24) is 9.88 Å². The quantitative estimate of drug-likeness (QED) is 0.855. The number of aromatic nitrogens is 1. The number of aryl methyl sites for hydroxylation is 1. The number of hydrogen-bond donors (Lipinski definition) is 1. The van der Waals surface area contributed by atoms with Crippen LogP contribution in [-0.2, 0) is 6.42 Å². The van der Waals surface area contributed by atoms with Crippen LogP contribution in [0.5, 0.6) is 0 Å². The Morgan fingerprint density at radius 2 is 2.22 bits per heavy atom. The van der Waals surface area contributed by atoms with E-state index in [0.29, 0.717) is 6.04 Å². The van der Waals surface area contributed by atoms with Crippen molar-refractivity contribution in [1.29, 1.82) is 0 Å². The van der Waals surface area contributed by atoms with E-state index in [4.69, 9.17) is 0 Å². The Balaban J connectivity index is 1.88. The summed E-state index contributed by atoms with van der Waals surface area (Å²) in [6, 6.07) is 7.38. The molecule has 1 saturated heterocycles. The molecule has 3 rings (SSSR count). The van der Waals surface area contributed by atoms with Gasteiger partial charge in [-0.15, -0.1) is 0 Å². The van der Waals surface area contributed by atoms with Crippen LogP contribution >= 0.6 is 0 Å². The second-order valence-corrected chi connectivity index (χ2v) is 6.00. The summed E-state index contributed by atoms with van der Waals surface area (Å²) in [5.74, 6) is 0.840. The summed E-state index contributed by atoms with van der Waals surface area (Å²) < 4.78 is 0. The van der Waals surface area contributed by atoms with E-state index in [1.54, 1.807) is 0 Å². The van der Waals surface area contributed by atoms with Crippen molar-refractivity contribution < 1.29 is 0 Å². The van der Waals surface area contributed by atoms with Crippen LogP contribution in [-0.4, -0.2) is 29.5 Å². The van der Waals surface area contributed by atoms with E-state index in [2.05, 4.69) is 55.2 Å². The van der Waals surface area contributed by atoms with E-state index >= 15 is 0 Å². The molecule has 1 fully saturated rings. The van der Waals surface area contributed by atoms with Gasteiger partial charge in [-0.1, -0.05) is 18.6 Å². The molecule has 0 saturated carbocycles. The van der Waals surface area contributed by atoms with Crippen LogP contribution in [0, 0.1) is 12.8 Å². The van der Waals surface area contributed by atoms with E-state index in [9.17, 15) is 0 Å². The van der Waals surface area contributed by atoms with E-state index in [1.165, 1.54) is 41.4 Å². The summed E-state index contributed by atoms with van der Waals surface area (Å²) in [5.41, 5.74) is 4.08. The van der Waals surface area contributed by atoms with Gasteiger partial charge in [0, 0.05) is 29.7 Å². The molecule has 1 N–H and O–H groups in total. The van der Waals surface area contributed by atoms with Gasteiger partial charge in [0.05, 0.1) is 0 Å². The van der Waals surface area contributed by atoms with Crippen molar-refractivity contribution in [3.05, 3.63) is 35.5 Å². The van der Waals surface area contributed by atoms with Gasteiger partial charge in [0.15, 0.2) is 0 Å². The third kappa shape index (κ3) is 2.05. The zero-order valence-corrected chi connectivity index (χ0v) is 11.5. The molecule has 1 aromatic carbocycles. The molecule has 0 aliphatic carbocycles. The molecular weight excluding hydrogens is 220 g/mol. The Labute approximate surface area is 109 Å². The molecule has 0 amide bonds. The fourth-order valence-corrected chi connectivity index (χ4v) is 3.31. The summed E-state index contributed by atoms with van der Waals surface area (Å²) in [5, 5.41) is 1.41. The molecule has 1 aliphatic heterocycles. The van der Waals surface area contributed by atoms with E-state index in [1.807, 2.05) is 0 Å². The molecule has 1 aromatic heterocycles. The first-order valence-corrected chi connectivity index (χ1v) is 6.90. The van der Waals surface area contributed by atoms with E-state index < -0.39 is 0 Å². The minimum Gasteiger partial charge on any atom is -0.361 e. The maximum atomic E-state index is 3.40. The van der Waals surface area contributed by atoms with Gasteiger partial charge in [-0.3, -0.25) is 0 Å². The van der Waals surface area contributed by atoms with Crippen LogP contribution in [0.2, 0.25) is 0 Å². The molecule has 2 heterocycles.